The van der Waals surface area contributed by atoms with E-state index in [1.807, 2.05) is 7.11 Å². The molecule has 0 spiro atoms. The summed E-state index contributed by atoms with van der Waals surface area (Å²) in [5.41, 5.74) is 0. The van der Waals surface area contributed by atoms with Crippen LogP contribution >= 0.6 is 0 Å². The summed E-state index contributed by atoms with van der Waals surface area (Å²) in [6.07, 6.45) is 8.30. The zero-order chi connectivity index (χ0) is 12.7. The van der Waals surface area contributed by atoms with Crippen LogP contribution in [-0.4, -0.2) is 26.9 Å². The lowest BCUT2D eigenvalue weighted by Gasteiger charge is -2.32. The van der Waals surface area contributed by atoms with Crippen molar-refractivity contribution in [3.63, 3.8) is 0 Å². The summed E-state index contributed by atoms with van der Waals surface area (Å²) >= 11 is 0. The average molecular weight is 242 g/mol. The van der Waals surface area contributed by atoms with Crippen molar-refractivity contribution in [2.24, 2.45) is 17.8 Å². The number of rotatable bonds is 7. The summed E-state index contributed by atoms with van der Waals surface area (Å²) in [6, 6.07) is 0. The molecule has 0 aliphatic heterocycles. The third-order valence-electron chi connectivity index (χ3n) is 4.41. The third kappa shape index (κ3) is 5.39. The van der Waals surface area contributed by atoms with Crippen LogP contribution < -0.4 is 0 Å². The van der Waals surface area contributed by atoms with Crippen molar-refractivity contribution in [2.45, 2.75) is 58.5 Å². The van der Waals surface area contributed by atoms with E-state index in [1.54, 1.807) is 7.11 Å². The molecule has 0 amide bonds. The van der Waals surface area contributed by atoms with Crippen LogP contribution in [0, 0.1) is 17.8 Å². The lowest BCUT2D eigenvalue weighted by molar-refractivity contribution is 0.0410. The van der Waals surface area contributed by atoms with Crippen molar-refractivity contribution in [1.29, 1.82) is 0 Å². The van der Waals surface area contributed by atoms with Gasteiger partial charge in [-0.15, -0.1) is 0 Å². The summed E-state index contributed by atoms with van der Waals surface area (Å²) < 4.78 is 10.7. The van der Waals surface area contributed by atoms with Crippen LogP contribution in [0.2, 0.25) is 0 Å². The maximum atomic E-state index is 5.55. The highest BCUT2D eigenvalue weighted by Crippen LogP contribution is 2.35. The molecule has 0 aromatic heterocycles. The van der Waals surface area contributed by atoms with Crippen LogP contribution in [0.1, 0.15) is 52.4 Å². The molecule has 1 unspecified atom stereocenters. The summed E-state index contributed by atoms with van der Waals surface area (Å²) in [6.45, 7) is 5.54. The molecular formula is C15H30O2. The lowest BCUT2D eigenvalue weighted by Crippen LogP contribution is -2.23. The van der Waals surface area contributed by atoms with E-state index in [0.717, 1.165) is 30.8 Å². The van der Waals surface area contributed by atoms with Gasteiger partial charge in [-0.2, -0.15) is 0 Å². The molecule has 0 aromatic rings. The molecule has 0 saturated heterocycles. The van der Waals surface area contributed by atoms with E-state index < -0.39 is 0 Å². The van der Waals surface area contributed by atoms with E-state index >= 15 is 0 Å². The Bertz CT molecular complexity index is 183. The minimum absolute atomic E-state index is 0.399. The molecule has 1 aliphatic carbocycles. The van der Waals surface area contributed by atoms with E-state index in [0.29, 0.717) is 6.10 Å². The maximum Gasteiger partial charge on any atom is 0.0596 e. The standard InChI is InChI=1S/C15H30O2/c1-12(2)14-7-5-13(6-8-14)11-15(17-4)9-10-16-3/h12-15H,5-11H2,1-4H3. The van der Waals surface area contributed by atoms with Crippen molar-refractivity contribution in [3.05, 3.63) is 0 Å². The second-order valence-corrected chi connectivity index (χ2v) is 5.90. The van der Waals surface area contributed by atoms with Crippen LogP contribution in [-0.2, 0) is 9.47 Å². The molecule has 1 atom stereocenters. The summed E-state index contributed by atoms with van der Waals surface area (Å²) in [7, 11) is 3.60. The normalized spacial score (nSPS) is 27.4. The van der Waals surface area contributed by atoms with Gasteiger partial charge in [-0.25, -0.2) is 0 Å². The SMILES string of the molecule is COCCC(CC1CCC(C(C)C)CC1)OC. The number of hydrogen-bond acceptors (Lipinski definition) is 2. The Morgan fingerprint density at radius 3 is 2.18 bits per heavy atom. The van der Waals surface area contributed by atoms with Crippen molar-refractivity contribution in [3.8, 4) is 0 Å². The van der Waals surface area contributed by atoms with Crippen LogP contribution in [0.25, 0.3) is 0 Å². The Morgan fingerprint density at radius 2 is 1.71 bits per heavy atom. The number of methoxy groups -OCH3 is 2. The molecule has 1 fully saturated rings. The van der Waals surface area contributed by atoms with Crippen LogP contribution in [0.4, 0.5) is 0 Å². The van der Waals surface area contributed by atoms with Crippen molar-refractivity contribution < 1.29 is 9.47 Å². The van der Waals surface area contributed by atoms with Gasteiger partial charge in [0.1, 0.15) is 0 Å². The minimum Gasteiger partial charge on any atom is -0.385 e. The van der Waals surface area contributed by atoms with Crippen molar-refractivity contribution in [2.75, 3.05) is 20.8 Å². The first-order valence-electron chi connectivity index (χ1n) is 7.19. The molecule has 0 radical (unpaired) electrons. The predicted molar refractivity (Wildman–Crippen MR) is 72.2 cm³/mol. The zero-order valence-electron chi connectivity index (χ0n) is 12.1. The smallest absolute Gasteiger partial charge is 0.0596 e. The third-order valence-corrected chi connectivity index (χ3v) is 4.41. The van der Waals surface area contributed by atoms with Gasteiger partial charge in [-0.3, -0.25) is 0 Å². The molecule has 0 N–H and O–H groups in total. The Labute approximate surface area is 107 Å². The molecule has 1 saturated carbocycles. The molecule has 0 aromatic carbocycles. The maximum absolute atomic E-state index is 5.55. The fraction of sp³-hybridized carbons (Fsp3) is 1.00. The lowest BCUT2D eigenvalue weighted by atomic mass is 9.75. The van der Waals surface area contributed by atoms with Gasteiger partial charge >= 0.3 is 0 Å². The monoisotopic (exact) mass is 242 g/mol. The molecule has 2 heteroatoms. The van der Waals surface area contributed by atoms with Crippen molar-refractivity contribution in [1.82, 2.24) is 0 Å². The van der Waals surface area contributed by atoms with E-state index in [2.05, 4.69) is 13.8 Å². The van der Waals surface area contributed by atoms with Gasteiger partial charge in [0, 0.05) is 20.8 Å². The Morgan fingerprint density at radius 1 is 1.06 bits per heavy atom. The van der Waals surface area contributed by atoms with E-state index in [1.165, 1.54) is 32.1 Å². The largest absolute Gasteiger partial charge is 0.385 e. The number of hydrogen-bond donors (Lipinski definition) is 0. The summed E-state index contributed by atoms with van der Waals surface area (Å²) in [5, 5.41) is 0. The summed E-state index contributed by atoms with van der Waals surface area (Å²) in [4.78, 5) is 0. The second-order valence-electron chi connectivity index (χ2n) is 5.90. The highest BCUT2D eigenvalue weighted by molar-refractivity contribution is 4.76. The topological polar surface area (TPSA) is 18.5 Å². The molecule has 1 aliphatic rings. The van der Waals surface area contributed by atoms with Gasteiger partial charge in [-0.05, 0) is 43.4 Å². The quantitative estimate of drug-likeness (QED) is 0.674. The van der Waals surface area contributed by atoms with Gasteiger partial charge in [0.05, 0.1) is 6.10 Å². The molecule has 0 heterocycles. The average Bonchev–Trinajstić information content (AvgIpc) is 2.35. The van der Waals surface area contributed by atoms with Gasteiger partial charge < -0.3 is 9.47 Å². The predicted octanol–water partition coefficient (Wildman–Crippen LogP) is 3.89. The first-order chi connectivity index (χ1) is 8.17. The first-order valence-corrected chi connectivity index (χ1v) is 7.19. The van der Waals surface area contributed by atoms with E-state index in [-0.39, 0.29) is 0 Å². The Hall–Kier alpha value is -0.0800. The molecule has 17 heavy (non-hydrogen) atoms. The highest BCUT2D eigenvalue weighted by atomic mass is 16.5. The molecular weight excluding hydrogens is 212 g/mol. The van der Waals surface area contributed by atoms with Gasteiger partial charge in [0.2, 0.25) is 0 Å². The highest BCUT2D eigenvalue weighted by Gasteiger charge is 2.25. The second kappa shape index (κ2) is 8.10. The van der Waals surface area contributed by atoms with Gasteiger partial charge in [-0.1, -0.05) is 26.7 Å². The number of ether oxygens (including phenoxy) is 2. The fourth-order valence-electron chi connectivity index (χ4n) is 3.04. The molecule has 1 rings (SSSR count). The molecule has 102 valence electrons. The van der Waals surface area contributed by atoms with Gasteiger partial charge in [0.15, 0.2) is 0 Å². The van der Waals surface area contributed by atoms with Crippen LogP contribution in [0.3, 0.4) is 0 Å². The van der Waals surface area contributed by atoms with Crippen LogP contribution in [0.15, 0.2) is 0 Å². The fourth-order valence-corrected chi connectivity index (χ4v) is 3.04. The Kier molecular flexibility index (Phi) is 7.14. The Balaban J connectivity index is 2.23. The summed E-state index contributed by atoms with van der Waals surface area (Å²) in [5.74, 6) is 2.71. The zero-order valence-corrected chi connectivity index (χ0v) is 12.1. The molecule has 0 bridgehead atoms. The van der Waals surface area contributed by atoms with E-state index in [9.17, 15) is 0 Å². The van der Waals surface area contributed by atoms with Crippen LogP contribution in [0.5, 0.6) is 0 Å². The first kappa shape index (κ1) is 15.0. The minimum atomic E-state index is 0.399. The molecule has 2 nitrogen and oxygen atoms in total. The van der Waals surface area contributed by atoms with Crippen molar-refractivity contribution >= 4 is 0 Å². The van der Waals surface area contributed by atoms with Gasteiger partial charge in [0.25, 0.3) is 0 Å². The van der Waals surface area contributed by atoms with E-state index in [4.69, 9.17) is 9.47 Å².